The third-order valence-electron chi connectivity index (χ3n) is 2.92. The van der Waals surface area contributed by atoms with Crippen molar-refractivity contribution in [2.24, 2.45) is 0 Å². The topological polar surface area (TPSA) is 35.2 Å². The van der Waals surface area contributed by atoms with Gasteiger partial charge in [0.2, 0.25) is 0 Å². The Morgan fingerprint density at radius 1 is 1.33 bits per heavy atom. The number of rotatable bonds is 2. The molecule has 0 atom stereocenters. The van der Waals surface area contributed by atoms with Gasteiger partial charge in [-0.15, -0.1) is 0 Å². The minimum Gasteiger partial charge on any atom is -0.498 e. The zero-order valence-electron chi connectivity index (χ0n) is 9.34. The summed E-state index contributed by atoms with van der Waals surface area (Å²) in [5.41, 5.74) is 10.8. The van der Waals surface area contributed by atoms with E-state index in [0.29, 0.717) is 0 Å². The average molecular weight is 203 g/mol. The highest BCUT2D eigenvalue weighted by Gasteiger charge is 2.15. The number of hydrogen-bond donors (Lipinski definition) is 1. The molecule has 15 heavy (non-hydrogen) atoms. The lowest BCUT2D eigenvalue weighted by Crippen LogP contribution is -2.10. The van der Waals surface area contributed by atoms with Crippen LogP contribution < -0.4 is 5.73 Å². The van der Waals surface area contributed by atoms with Crippen molar-refractivity contribution in [2.75, 3.05) is 12.3 Å². The SMILES string of the molecule is CCOC1=CCc2c(C)ccc(N)c2C1. The van der Waals surface area contributed by atoms with Gasteiger partial charge in [-0.2, -0.15) is 0 Å². The number of fused-ring (bicyclic) bond motifs is 1. The maximum absolute atomic E-state index is 5.99. The zero-order chi connectivity index (χ0) is 10.8. The molecule has 80 valence electrons. The molecule has 0 bridgehead atoms. The van der Waals surface area contributed by atoms with Gasteiger partial charge < -0.3 is 10.5 Å². The van der Waals surface area contributed by atoms with Gasteiger partial charge in [0.15, 0.2) is 0 Å². The van der Waals surface area contributed by atoms with Crippen LogP contribution in [0.15, 0.2) is 24.0 Å². The lowest BCUT2D eigenvalue weighted by Gasteiger charge is -2.20. The largest absolute Gasteiger partial charge is 0.498 e. The van der Waals surface area contributed by atoms with Gasteiger partial charge in [0, 0.05) is 12.1 Å². The summed E-state index contributed by atoms with van der Waals surface area (Å²) in [6.07, 6.45) is 3.95. The fourth-order valence-corrected chi connectivity index (χ4v) is 2.08. The zero-order valence-corrected chi connectivity index (χ0v) is 9.34. The molecule has 0 heterocycles. The molecule has 0 amide bonds. The van der Waals surface area contributed by atoms with Crippen molar-refractivity contribution >= 4 is 5.69 Å². The van der Waals surface area contributed by atoms with Gasteiger partial charge in [-0.05, 0) is 49.1 Å². The lowest BCUT2D eigenvalue weighted by atomic mass is 9.90. The number of nitrogens with two attached hydrogens (primary N) is 1. The molecular weight excluding hydrogens is 186 g/mol. The minimum absolute atomic E-state index is 0.729. The first-order valence-corrected chi connectivity index (χ1v) is 5.41. The number of allylic oxidation sites excluding steroid dienone is 2. The van der Waals surface area contributed by atoms with Gasteiger partial charge in [-0.25, -0.2) is 0 Å². The first kappa shape index (κ1) is 10.1. The highest BCUT2D eigenvalue weighted by atomic mass is 16.5. The Kier molecular flexibility index (Phi) is 2.67. The highest BCUT2D eigenvalue weighted by Crippen LogP contribution is 2.28. The molecule has 1 aliphatic rings. The number of aryl methyl sites for hydroxylation is 1. The summed E-state index contributed by atoms with van der Waals surface area (Å²) in [6.45, 7) is 4.88. The van der Waals surface area contributed by atoms with E-state index in [0.717, 1.165) is 30.9 Å². The van der Waals surface area contributed by atoms with E-state index in [1.165, 1.54) is 16.7 Å². The fourth-order valence-electron chi connectivity index (χ4n) is 2.08. The molecule has 0 saturated heterocycles. The second-order valence-corrected chi connectivity index (χ2v) is 3.91. The van der Waals surface area contributed by atoms with Crippen LogP contribution in [-0.2, 0) is 17.6 Å². The van der Waals surface area contributed by atoms with Crippen molar-refractivity contribution in [1.82, 2.24) is 0 Å². The molecule has 2 heteroatoms. The van der Waals surface area contributed by atoms with Gasteiger partial charge >= 0.3 is 0 Å². The Morgan fingerprint density at radius 3 is 2.87 bits per heavy atom. The first-order valence-electron chi connectivity index (χ1n) is 5.41. The van der Waals surface area contributed by atoms with Crippen molar-refractivity contribution in [2.45, 2.75) is 26.7 Å². The molecule has 0 unspecified atom stereocenters. The van der Waals surface area contributed by atoms with Crippen LogP contribution in [0.25, 0.3) is 0 Å². The summed E-state index contributed by atoms with van der Waals surface area (Å²) in [7, 11) is 0. The first-order chi connectivity index (χ1) is 7.22. The van der Waals surface area contributed by atoms with E-state index >= 15 is 0 Å². The number of ether oxygens (including phenoxy) is 1. The summed E-state index contributed by atoms with van der Waals surface area (Å²) >= 11 is 0. The normalized spacial score (nSPS) is 14.4. The van der Waals surface area contributed by atoms with Crippen LogP contribution in [0.2, 0.25) is 0 Å². The van der Waals surface area contributed by atoms with Crippen LogP contribution >= 0.6 is 0 Å². The number of benzene rings is 1. The Hall–Kier alpha value is -1.44. The van der Waals surface area contributed by atoms with E-state index in [1.807, 2.05) is 13.0 Å². The predicted octanol–water partition coefficient (Wildman–Crippen LogP) is 2.60. The summed E-state index contributed by atoms with van der Waals surface area (Å²) < 4.78 is 5.54. The molecule has 1 aliphatic carbocycles. The average Bonchev–Trinajstić information content (AvgIpc) is 2.24. The predicted molar refractivity (Wildman–Crippen MR) is 62.7 cm³/mol. The van der Waals surface area contributed by atoms with Crippen molar-refractivity contribution in [3.8, 4) is 0 Å². The summed E-state index contributed by atoms with van der Waals surface area (Å²) in [6, 6.07) is 4.08. The second-order valence-electron chi connectivity index (χ2n) is 3.91. The molecule has 1 aromatic rings. The van der Waals surface area contributed by atoms with E-state index in [4.69, 9.17) is 10.5 Å². The maximum Gasteiger partial charge on any atom is 0.0967 e. The van der Waals surface area contributed by atoms with Crippen molar-refractivity contribution in [3.63, 3.8) is 0 Å². The van der Waals surface area contributed by atoms with Gasteiger partial charge in [0.25, 0.3) is 0 Å². The molecule has 2 N–H and O–H groups in total. The molecule has 2 rings (SSSR count). The van der Waals surface area contributed by atoms with Crippen LogP contribution in [-0.4, -0.2) is 6.61 Å². The Bertz CT molecular complexity index is 407. The fraction of sp³-hybridized carbons (Fsp3) is 0.385. The smallest absolute Gasteiger partial charge is 0.0967 e. The minimum atomic E-state index is 0.729. The molecule has 0 aliphatic heterocycles. The standard InChI is InChI=1S/C13H17NO/c1-3-15-10-5-6-11-9(2)4-7-13(14)12(11)8-10/h4-5,7H,3,6,8,14H2,1-2H3. The Balaban J connectivity index is 2.34. The van der Waals surface area contributed by atoms with Crippen LogP contribution in [0.4, 0.5) is 5.69 Å². The van der Waals surface area contributed by atoms with E-state index in [1.54, 1.807) is 0 Å². The van der Waals surface area contributed by atoms with Gasteiger partial charge in [-0.1, -0.05) is 6.07 Å². The van der Waals surface area contributed by atoms with Crippen LogP contribution in [0.5, 0.6) is 0 Å². The van der Waals surface area contributed by atoms with Crippen molar-refractivity contribution in [1.29, 1.82) is 0 Å². The summed E-state index contributed by atoms with van der Waals surface area (Å²) in [4.78, 5) is 0. The van der Waals surface area contributed by atoms with Crippen molar-refractivity contribution in [3.05, 3.63) is 40.7 Å². The molecule has 0 fully saturated rings. The maximum atomic E-state index is 5.99. The lowest BCUT2D eigenvalue weighted by molar-refractivity contribution is 0.220. The van der Waals surface area contributed by atoms with Crippen LogP contribution in [0, 0.1) is 6.92 Å². The third kappa shape index (κ3) is 1.84. The molecule has 0 saturated carbocycles. The molecular formula is C13H17NO. The number of nitrogen functional groups attached to an aromatic ring is 1. The number of anilines is 1. The molecule has 1 aromatic carbocycles. The van der Waals surface area contributed by atoms with Crippen molar-refractivity contribution < 1.29 is 4.74 Å². The van der Waals surface area contributed by atoms with Gasteiger partial charge in [0.1, 0.15) is 0 Å². The van der Waals surface area contributed by atoms with Crippen LogP contribution in [0.1, 0.15) is 23.6 Å². The Morgan fingerprint density at radius 2 is 2.13 bits per heavy atom. The van der Waals surface area contributed by atoms with Gasteiger partial charge in [0.05, 0.1) is 12.4 Å². The van der Waals surface area contributed by atoms with E-state index in [2.05, 4.69) is 19.1 Å². The molecule has 0 spiro atoms. The molecule has 0 aromatic heterocycles. The number of hydrogen-bond acceptors (Lipinski definition) is 2. The highest BCUT2D eigenvalue weighted by molar-refractivity contribution is 5.56. The summed E-state index contributed by atoms with van der Waals surface area (Å²) in [5, 5.41) is 0. The summed E-state index contributed by atoms with van der Waals surface area (Å²) in [5.74, 6) is 1.06. The quantitative estimate of drug-likeness (QED) is 0.750. The van der Waals surface area contributed by atoms with E-state index in [-0.39, 0.29) is 0 Å². The monoisotopic (exact) mass is 203 g/mol. The second kappa shape index (κ2) is 3.97. The molecule has 2 nitrogen and oxygen atoms in total. The third-order valence-corrected chi connectivity index (χ3v) is 2.92. The van der Waals surface area contributed by atoms with Gasteiger partial charge in [-0.3, -0.25) is 0 Å². The van der Waals surface area contributed by atoms with E-state index in [9.17, 15) is 0 Å². The molecule has 0 radical (unpaired) electrons. The van der Waals surface area contributed by atoms with E-state index < -0.39 is 0 Å². The Labute approximate surface area is 90.7 Å². The van der Waals surface area contributed by atoms with Crippen LogP contribution in [0.3, 0.4) is 0 Å².